The molecule has 10 heavy (non-hydrogen) atoms. The lowest BCUT2D eigenvalue weighted by Crippen LogP contribution is -2.26. The Morgan fingerprint density at radius 1 is 1.20 bits per heavy atom. The largest absolute Gasteiger partial charge is 0.330 e. The van der Waals surface area contributed by atoms with Crippen molar-refractivity contribution in [1.82, 2.24) is 0 Å². The molecule has 60 valence electrons. The van der Waals surface area contributed by atoms with Crippen molar-refractivity contribution in [1.29, 1.82) is 0 Å². The van der Waals surface area contributed by atoms with E-state index in [1.165, 1.54) is 32.1 Å². The Hall–Kier alpha value is -0.0400. The van der Waals surface area contributed by atoms with Crippen molar-refractivity contribution in [3.05, 3.63) is 0 Å². The van der Waals surface area contributed by atoms with E-state index < -0.39 is 0 Å². The summed E-state index contributed by atoms with van der Waals surface area (Å²) in [5.41, 5.74) is 5.67. The van der Waals surface area contributed by atoms with Crippen molar-refractivity contribution in [2.24, 2.45) is 17.6 Å². The molecule has 1 fully saturated rings. The van der Waals surface area contributed by atoms with Gasteiger partial charge in [0.2, 0.25) is 0 Å². The molecule has 1 aliphatic rings. The fourth-order valence-electron chi connectivity index (χ4n) is 2.13. The van der Waals surface area contributed by atoms with Gasteiger partial charge in [0.05, 0.1) is 0 Å². The number of hydrogen-bond acceptors (Lipinski definition) is 1. The van der Waals surface area contributed by atoms with Crippen LogP contribution in [0.25, 0.3) is 0 Å². The highest BCUT2D eigenvalue weighted by molar-refractivity contribution is 4.74. The third-order valence-corrected chi connectivity index (χ3v) is 2.89. The predicted molar refractivity (Wildman–Crippen MR) is 44.8 cm³/mol. The van der Waals surface area contributed by atoms with Crippen LogP contribution in [-0.4, -0.2) is 6.54 Å². The molecular formula is C9H19N. The second-order valence-electron chi connectivity index (χ2n) is 3.45. The molecule has 1 nitrogen and oxygen atoms in total. The first kappa shape index (κ1) is 8.06. The van der Waals surface area contributed by atoms with E-state index in [1.807, 2.05) is 0 Å². The first-order chi connectivity index (χ1) is 4.88. The molecule has 0 unspecified atom stereocenters. The van der Waals surface area contributed by atoms with Gasteiger partial charge < -0.3 is 5.73 Å². The molecule has 0 saturated heterocycles. The summed E-state index contributed by atoms with van der Waals surface area (Å²) in [6, 6.07) is 0. The van der Waals surface area contributed by atoms with Crippen LogP contribution in [0.1, 0.15) is 39.0 Å². The van der Waals surface area contributed by atoms with Gasteiger partial charge in [-0.25, -0.2) is 0 Å². The van der Waals surface area contributed by atoms with Crippen LogP contribution in [-0.2, 0) is 0 Å². The molecule has 1 heteroatoms. The minimum atomic E-state index is 0.846. The summed E-state index contributed by atoms with van der Waals surface area (Å²) in [5, 5.41) is 0. The second kappa shape index (κ2) is 3.97. The molecule has 1 rings (SSSR count). The van der Waals surface area contributed by atoms with Crippen LogP contribution < -0.4 is 5.73 Å². The Kier molecular flexibility index (Phi) is 3.20. The summed E-state index contributed by atoms with van der Waals surface area (Å²) in [6.07, 6.45) is 7.00. The van der Waals surface area contributed by atoms with Gasteiger partial charge in [0.1, 0.15) is 0 Å². The van der Waals surface area contributed by atoms with Crippen molar-refractivity contribution in [3.63, 3.8) is 0 Å². The summed E-state index contributed by atoms with van der Waals surface area (Å²) in [6.45, 7) is 3.21. The normalized spacial score (nSPS) is 34.2. The van der Waals surface area contributed by atoms with Gasteiger partial charge in [-0.3, -0.25) is 0 Å². The molecule has 1 saturated carbocycles. The van der Waals surface area contributed by atoms with Gasteiger partial charge >= 0.3 is 0 Å². The van der Waals surface area contributed by atoms with Crippen LogP contribution in [0.4, 0.5) is 0 Å². The Labute approximate surface area is 64.0 Å². The maximum Gasteiger partial charge on any atom is -0.00462 e. The maximum absolute atomic E-state index is 5.67. The number of hydrogen-bond donors (Lipinski definition) is 1. The Morgan fingerprint density at radius 3 is 2.20 bits per heavy atom. The summed E-state index contributed by atoms with van der Waals surface area (Å²) in [4.78, 5) is 0. The van der Waals surface area contributed by atoms with Gasteiger partial charge in [0.15, 0.2) is 0 Å². The van der Waals surface area contributed by atoms with Gasteiger partial charge in [0.25, 0.3) is 0 Å². The monoisotopic (exact) mass is 141 g/mol. The van der Waals surface area contributed by atoms with E-state index in [0.29, 0.717) is 0 Å². The highest BCUT2D eigenvalue weighted by Crippen LogP contribution is 2.30. The molecule has 2 N–H and O–H groups in total. The Balaban J connectivity index is 2.34. The molecular weight excluding hydrogens is 122 g/mol. The quantitative estimate of drug-likeness (QED) is 0.626. The van der Waals surface area contributed by atoms with E-state index in [0.717, 1.165) is 18.4 Å². The van der Waals surface area contributed by atoms with Crippen LogP contribution >= 0.6 is 0 Å². The van der Waals surface area contributed by atoms with Gasteiger partial charge in [-0.05, 0) is 24.8 Å². The molecule has 0 aromatic heterocycles. The standard InChI is InChI=1S/C9H19N/c1-2-8-5-3-4-6-9(8)7-10/h8-9H,2-7,10H2,1H3/t8-,9-/m1/s1. The van der Waals surface area contributed by atoms with E-state index in [9.17, 15) is 0 Å². The molecule has 0 amide bonds. The van der Waals surface area contributed by atoms with Crippen molar-refractivity contribution in [3.8, 4) is 0 Å². The molecule has 0 heterocycles. The topological polar surface area (TPSA) is 26.0 Å². The van der Waals surface area contributed by atoms with Crippen molar-refractivity contribution < 1.29 is 0 Å². The first-order valence-corrected chi connectivity index (χ1v) is 4.58. The number of rotatable bonds is 2. The van der Waals surface area contributed by atoms with Gasteiger partial charge in [0, 0.05) is 0 Å². The van der Waals surface area contributed by atoms with E-state index in [1.54, 1.807) is 0 Å². The average Bonchev–Trinajstić information content (AvgIpc) is 2.04. The summed E-state index contributed by atoms with van der Waals surface area (Å²) >= 11 is 0. The molecule has 0 radical (unpaired) electrons. The summed E-state index contributed by atoms with van der Waals surface area (Å²) in [5.74, 6) is 1.79. The van der Waals surface area contributed by atoms with Crippen LogP contribution in [0.3, 0.4) is 0 Å². The second-order valence-corrected chi connectivity index (χ2v) is 3.45. The highest BCUT2D eigenvalue weighted by atomic mass is 14.6. The predicted octanol–water partition coefficient (Wildman–Crippen LogP) is 2.16. The average molecular weight is 141 g/mol. The van der Waals surface area contributed by atoms with Crippen molar-refractivity contribution in [2.45, 2.75) is 39.0 Å². The smallest absolute Gasteiger partial charge is 0.00462 e. The lowest BCUT2D eigenvalue weighted by atomic mass is 9.78. The Morgan fingerprint density at radius 2 is 1.80 bits per heavy atom. The van der Waals surface area contributed by atoms with Crippen molar-refractivity contribution in [2.75, 3.05) is 6.54 Å². The van der Waals surface area contributed by atoms with Crippen molar-refractivity contribution >= 4 is 0 Å². The molecule has 2 atom stereocenters. The highest BCUT2D eigenvalue weighted by Gasteiger charge is 2.21. The van der Waals surface area contributed by atoms with E-state index in [2.05, 4.69) is 6.92 Å². The van der Waals surface area contributed by atoms with E-state index in [-0.39, 0.29) is 0 Å². The molecule has 0 aromatic carbocycles. The third-order valence-electron chi connectivity index (χ3n) is 2.89. The van der Waals surface area contributed by atoms with Crippen LogP contribution in [0, 0.1) is 11.8 Å². The fourth-order valence-corrected chi connectivity index (χ4v) is 2.13. The lowest BCUT2D eigenvalue weighted by Gasteiger charge is -2.29. The van der Waals surface area contributed by atoms with Gasteiger partial charge in [-0.15, -0.1) is 0 Å². The van der Waals surface area contributed by atoms with Gasteiger partial charge in [-0.2, -0.15) is 0 Å². The fraction of sp³-hybridized carbons (Fsp3) is 1.00. The molecule has 0 aliphatic heterocycles. The van der Waals surface area contributed by atoms with Gasteiger partial charge in [-0.1, -0.05) is 32.6 Å². The minimum Gasteiger partial charge on any atom is -0.330 e. The summed E-state index contributed by atoms with van der Waals surface area (Å²) < 4.78 is 0. The first-order valence-electron chi connectivity index (χ1n) is 4.58. The molecule has 0 spiro atoms. The SMILES string of the molecule is CC[C@@H]1CCCC[C@@H]1CN. The molecule has 0 aromatic rings. The third kappa shape index (κ3) is 1.72. The Bertz CT molecular complexity index is 78.7. The van der Waals surface area contributed by atoms with Crippen LogP contribution in [0.5, 0.6) is 0 Å². The number of nitrogens with two attached hydrogens (primary N) is 1. The summed E-state index contributed by atoms with van der Waals surface area (Å²) in [7, 11) is 0. The maximum atomic E-state index is 5.67. The minimum absolute atomic E-state index is 0.846. The van der Waals surface area contributed by atoms with E-state index >= 15 is 0 Å². The van der Waals surface area contributed by atoms with Crippen LogP contribution in [0.15, 0.2) is 0 Å². The van der Waals surface area contributed by atoms with E-state index in [4.69, 9.17) is 5.73 Å². The molecule has 0 bridgehead atoms. The zero-order valence-corrected chi connectivity index (χ0v) is 6.97. The zero-order chi connectivity index (χ0) is 7.40. The van der Waals surface area contributed by atoms with Crippen LogP contribution in [0.2, 0.25) is 0 Å². The molecule has 1 aliphatic carbocycles. The zero-order valence-electron chi connectivity index (χ0n) is 6.97. The lowest BCUT2D eigenvalue weighted by molar-refractivity contribution is 0.237.